The van der Waals surface area contributed by atoms with Gasteiger partial charge in [-0.1, -0.05) is 30.3 Å². The van der Waals surface area contributed by atoms with Crippen LogP contribution in [0.2, 0.25) is 0 Å². The van der Waals surface area contributed by atoms with E-state index in [2.05, 4.69) is 4.90 Å². The molecule has 0 aromatic heterocycles. The first-order valence-electron chi connectivity index (χ1n) is 10.3. The molecule has 0 unspecified atom stereocenters. The normalized spacial score (nSPS) is 27.6. The van der Waals surface area contributed by atoms with Crippen molar-refractivity contribution in [3.8, 4) is 0 Å². The summed E-state index contributed by atoms with van der Waals surface area (Å²) in [5.41, 5.74) is 0.659. The van der Waals surface area contributed by atoms with Gasteiger partial charge in [-0.15, -0.1) is 0 Å². The maximum atomic E-state index is 12.6. The van der Waals surface area contributed by atoms with Crippen molar-refractivity contribution in [1.29, 1.82) is 0 Å². The van der Waals surface area contributed by atoms with Gasteiger partial charge >= 0.3 is 0 Å². The molecular weight excluding hydrogens is 370 g/mol. The fraction of sp³-hybridized carbons (Fsp3) is 0.545. The van der Waals surface area contributed by atoms with Gasteiger partial charge in [0, 0.05) is 50.8 Å². The van der Waals surface area contributed by atoms with E-state index >= 15 is 0 Å². The fourth-order valence-corrected chi connectivity index (χ4v) is 4.74. The standard InChI is InChI=1S/C22H29N3O4/c26-17-22-15-23(14-21(28)24-8-10-29-11-9-24)12-19(22)13-25(16-22)20(27)7-6-18-4-2-1-3-5-18/h1-7,19,26H,8-17H2/t19-,22+/m0/s1. The highest BCUT2D eigenvalue weighted by atomic mass is 16.5. The Balaban J connectivity index is 1.34. The maximum Gasteiger partial charge on any atom is 0.246 e. The second-order valence-corrected chi connectivity index (χ2v) is 8.34. The molecule has 7 nitrogen and oxygen atoms in total. The summed E-state index contributed by atoms with van der Waals surface area (Å²) < 4.78 is 5.31. The Hall–Kier alpha value is -2.22. The number of fused-ring (bicyclic) bond motifs is 1. The summed E-state index contributed by atoms with van der Waals surface area (Å²) in [6.07, 6.45) is 3.44. The molecule has 2 atom stereocenters. The average molecular weight is 399 g/mol. The molecule has 3 heterocycles. The molecule has 3 saturated heterocycles. The van der Waals surface area contributed by atoms with Crippen LogP contribution in [-0.4, -0.2) is 97.3 Å². The van der Waals surface area contributed by atoms with Crippen molar-refractivity contribution in [2.45, 2.75) is 0 Å². The summed E-state index contributed by atoms with van der Waals surface area (Å²) in [6.45, 7) is 5.46. The highest BCUT2D eigenvalue weighted by Gasteiger charge is 2.53. The van der Waals surface area contributed by atoms with Crippen molar-refractivity contribution in [1.82, 2.24) is 14.7 Å². The van der Waals surface area contributed by atoms with Crippen LogP contribution in [0.3, 0.4) is 0 Å². The molecular formula is C22H29N3O4. The van der Waals surface area contributed by atoms with Gasteiger partial charge in [0.2, 0.25) is 11.8 Å². The van der Waals surface area contributed by atoms with E-state index in [1.54, 1.807) is 6.08 Å². The number of morpholine rings is 1. The molecule has 1 aromatic rings. The van der Waals surface area contributed by atoms with E-state index in [-0.39, 0.29) is 29.8 Å². The number of ether oxygens (including phenoxy) is 1. The topological polar surface area (TPSA) is 73.3 Å². The van der Waals surface area contributed by atoms with Crippen molar-refractivity contribution < 1.29 is 19.4 Å². The zero-order valence-electron chi connectivity index (χ0n) is 16.7. The van der Waals surface area contributed by atoms with Crippen LogP contribution in [-0.2, 0) is 14.3 Å². The Morgan fingerprint density at radius 3 is 2.55 bits per heavy atom. The van der Waals surface area contributed by atoms with Gasteiger partial charge in [-0.25, -0.2) is 0 Å². The molecule has 1 aromatic carbocycles. The zero-order chi connectivity index (χ0) is 20.3. The van der Waals surface area contributed by atoms with Crippen LogP contribution < -0.4 is 0 Å². The molecule has 3 aliphatic rings. The van der Waals surface area contributed by atoms with Crippen molar-refractivity contribution in [3.05, 3.63) is 42.0 Å². The van der Waals surface area contributed by atoms with Crippen LogP contribution in [0.15, 0.2) is 36.4 Å². The third kappa shape index (κ3) is 4.37. The molecule has 2 amide bonds. The highest BCUT2D eigenvalue weighted by Crippen LogP contribution is 2.42. The van der Waals surface area contributed by atoms with Crippen LogP contribution in [0.25, 0.3) is 6.08 Å². The number of nitrogens with zero attached hydrogens (tertiary/aromatic N) is 3. The lowest BCUT2D eigenvalue weighted by Crippen LogP contribution is -2.46. The molecule has 4 rings (SSSR count). The summed E-state index contributed by atoms with van der Waals surface area (Å²) >= 11 is 0. The number of aliphatic hydroxyl groups excluding tert-OH is 1. The Labute approximate surface area is 171 Å². The lowest BCUT2D eigenvalue weighted by Gasteiger charge is -2.30. The van der Waals surface area contributed by atoms with Gasteiger partial charge in [0.15, 0.2) is 0 Å². The van der Waals surface area contributed by atoms with Crippen LogP contribution in [0, 0.1) is 11.3 Å². The van der Waals surface area contributed by atoms with E-state index in [4.69, 9.17) is 4.74 Å². The van der Waals surface area contributed by atoms with Gasteiger partial charge in [-0.2, -0.15) is 0 Å². The van der Waals surface area contributed by atoms with Crippen molar-refractivity contribution in [3.63, 3.8) is 0 Å². The lowest BCUT2D eigenvalue weighted by molar-refractivity contribution is -0.136. The molecule has 1 N–H and O–H groups in total. The maximum absolute atomic E-state index is 12.6. The Bertz CT molecular complexity index is 763. The van der Waals surface area contributed by atoms with Crippen molar-refractivity contribution >= 4 is 17.9 Å². The Morgan fingerprint density at radius 2 is 1.86 bits per heavy atom. The van der Waals surface area contributed by atoms with Gasteiger partial charge in [-0.3, -0.25) is 14.5 Å². The van der Waals surface area contributed by atoms with Crippen molar-refractivity contribution in [2.24, 2.45) is 11.3 Å². The monoisotopic (exact) mass is 399 g/mol. The number of carbonyl (C=O) groups is 2. The summed E-state index contributed by atoms with van der Waals surface area (Å²) in [6, 6.07) is 9.75. The molecule has 0 bridgehead atoms. The number of hydrogen-bond donors (Lipinski definition) is 1. The van der Waals surface area contributed by atoms with E-state index in [1.165, 1.54) is 0 Å². The van der Waals surface area contributed by atoms with Crippen LogP contribution in [0.5, 0.6) is 0 Å². The average Bonchev–Trinajstić information content (AvgIpc) is 3.27. The van der Waals surface area contributed by atoms with E-state index in [1.807, 2.05) is 46.2 Å². The minimum absolute atomic E-state index is 0.0213. The number of likely N-dealkylation sites (tertiary alicyclic amines) is 2. The summed E-state index contributed by atoms with van der Waals surface area (Å²) in [7, 11) is 0. The molecule has 7 heteroatoms. The summed E-state index contributed by atoms with van der Waals surface area (Å²) in [4.78, 5) is 31.0. The second kappa shape index (κ2) is 8.65. The molecule has 3 fully saturated rings. The first-order valence-corrected chi connectivity index (χ1v) is 10.3. The first kappa shape index (κ1) is 20.1. The molecule has 0 spiro atoms. The van der Waals surface area contributed by atoms with Gasteiger partial charge in [-0.05, 0) is 17.6 Å². The van der Waals surface area contributed by atoms with Gasteiger partial charge in [0.1, 0.15) is 0 Å². The molecule has 0 radical (unpaired) electrons. The first-order chi connectivity index (χ1) is 14.1. The number of rotatable bonds is 5. The molecule has 156 valence electrons. The molecule has 0 aliphatic carbocycles. The van der Waals surface area contributed by atoms with Crippen molar-refractivity contribution in [2.75, 3.05) is 65.6 Å². The minimum Gasteiger partial charge on any atom is -0.396 e. The SMILES string of the molecule is O=C(C=Cc1ccccc1)N1C[C@@H]2CN(CC(=O)N3CCOCC3)C[C@]2(CO)C1. The smallest absolute Gasteiger partial charge is 0.246 e. The largest absolute Gasteiger partial charge is 0.396 e. The van der Waals surface area contributed by atoms with Gasteiger partial charge in [0.05, 0.1) is 26.4 Å². The van der Waals surface area contributed by atoms with Crippen LogP contribution in [0.1, 0.15) is 5.56 Å². The summed E-state index contributed by atoms with van der Waals surface area (Å²) in [5.74, 6) is 0.297. The lowest BCUT2D eigenvalue weighted by atomic mass is 9.82. The quantitative estimate of drug-likeness (QED) is 0.722. The molecule has 3 aliphatic heterocycles. The van der Waals surface area contributed by atoms with E-state index in [9.17, 15) is 14.7 Å². The van der Waals surface area contributed by atoms with E-state index in [0.29, 0.717) is 52.5 Å². The van der Waals surface area contributed by atoms with E-state index in [0.717, 1.165) is 12.1 Å². The van der Waals surface area contributed by atoms with Crippen LogP contribution >= 0.6 is 0 Å². The number of amides is 2. The predicted octanol–water partition coefficient (Wildman–Crippen LogP) is 0.311. The van der Waals surface area contributed by atoms with Gasteiger partial charge < -0.3 is 19.6 Å². The number of hydrogen-bond acceptors (Lipinski definition) is 5. The third-order valence-electron chi connectivity index (χ3n) is 6.40. The third-order valence-corrected chi connectivity index (χ3v) is 6.40. The minimum atomic E-state index is -0.332. The summed E-state index contributed by atoms with van der Waals surface area (Å²) in [5, 5.41) is 10.1. The molecule has 29 heavy (non-hydrogen) atoms. The molecule has 0 saturated carbocycles. The second-order valence-electron chi connectivity index (χ2n) is 8.34. The van der Waals surface area contributed by atoms with Gasteiger partial charge in [0.25, 0.3) is 0 Å². The Kier molecular flexibility index (Phi) is 5.99. The Morgan fingerprint density at radius 1 is 1.10 bits per heavy atom. The zero-order valence-corrected chi connectivity index (χ0v) is 16.7. The number of aliphatic hydroxyl groups is 1. The highest BCUT2D eigenvalue weighted by molar-refractivity contribution is 5.92. The number of benzene rings is 1. The fourth-order valence-electron chi connectivity index (χ4n) is 4.74. The van der Waals surface area contributed by atoms with Crippen LogP contribution in [0.4, 0.5) is 0 Å². The number of carbonyl (C=O) groups excluding carboxylic acids is 2. The predicted molar refractivity (Wildman–Crippen MR) is 109 cm³/mol. The van der Waals surface area contributed by atoms with E-state index < -0.39 is 0 Å².